The zero-order valence-corrected chi connectivity index (χ0v) is 14.6. The largest absolute Gasteiger partial charge is 0.241 e. The van der Waals surface area contributed by atoms with E-state index < -0.39 is 10.0 Å². The van der Waals surface area contributed by atoms with Gasteiger partial charge >= 0.3 is 0 Å². The summed E-state index contributed by atoms with van der Waals surface area (Å²) in [5.41, 5.74) is 2.69. The van der Waals surface area contributed by atoms with Crippen LogP contribution in [0.3, 0.4) is 0 Å². The molecule has 0 fully saturated rings. The van der Waals surface area contributed by atoms with E-state index in [4.69, 9.17) is 0 Å². The van der Waals surface area contributed by atoms with E-state index in [1.54, 1.807) is 13.0 Å². The number of hydrogen-bond donors (Lipinski definition) is 1. The van der Waals surface area contributed by atoms with Gasteiger partial charge in [0.25, 0.3) is 0 Å². The first-order valence-electron chi connectivity index (χ1n) is 6.65. The third-order valence-electron chi connectivity index (χ3n) is 3.38. The summed E-state index contributed by atoms with van der Waals surface area (Å²) in [6.07, 6.45) is 0. The van der Waals surface area contributed by atoms with Gasteiger partial charge in [-0.15, -0.1) is 0 Å². The second-order valence-electron chi connectivity index (χ2n) is 5.12. The Morgan fingerprint density at radius 1 is 1.05 bits per heavy atom. The van der Waals surface area contributed by atoms with Crippen molar-refractivity contribution in [2.75, 3.05) is 0 Å². The molecule has 0 unspecified atom stereocenters. The van der Waals surface area contributed by atoms with Crippen LogP contribution in [0.25, 0.3) is 0 Å². The second-order valence-corrected chi connectivity index (χ2v) is 7.66. The van der Waals surface area contributed by atoms with Crippen LogP contribution < -0.4 is 4.72 Å². The Bertz CT molecular complexity index is 742. The number of aryl methyl sites for hydroxylation is 2. The summed E-state index contributed by atoms with van der Waals surface area (Å²) in [6.45, 7) is 5.58. The quantitative estimate of drug-likeness (QED) is 0.883. The van der Waals surface area contributed by atoms with Crippen LogP contribution in [0.2, 0.25) is 0 Å². The molecule has 0 aliphatic rings. The number of halogens is 1. The van der Waals surface area contributed by atoms with Crippen molar-refractivity contribution >= 4 is 26.0 Å². The minimum atomic E-state index is -3.56. The zero-order valence-electron chi connectivity index (χ0n) is 12.2. The summed E-state index contributed by atoms with van der Waals surface area (Å²) >= 11 is 3.39. The first kappa shape index (κ1) is 16.2. The minimum absolute atomic E-state index is 0.282. The van der Waals surface area contributed by atoms with E-state index in [0.29, 0.717) is 4.90 Å². The number of sulfonamides is 1. The smallest absolute Gasteiger partial charge is 0.207 e. The van der Waals surface area contributed by atoms with Crippen molar-refractivity contribution in [1.82, 2.24) is 4.72 Å². The molecular formula is C16H18BrNO2S. The summed E-state index contributed by atoms with van der Waals surface area (Å²) < 4.78 is 28.7. The molecule has 112 valence electrons. The maximum Gasteiger partial charge on any atom is 0.241 e. The highest BCUT2D eigenvalue weighted by Crippen LogP contribution is 2.25. The van der Waals surface area contributed by atoms with Gasteiger partial charge in [-0.1, -0.05) is 52.3 Å². The van der Waals surface area contributed by atoms with Crippen LogP contribution in [0.5, 0.6) is 0 Å². The highest BCUT2D eigenvalue weighted by Gasteiger charge is 2.21. The van der Waals surface area contributed by atoms with E-state index in [2.05, 4.69) is 20.7 Å². The Hall–Kier alpha value is -1.17. The van der Waals surface area contributed by atoms with Gasteiger partial charge < -0.3 is 0 Å². The van der Waals surface area contributed by atoms with Crippen molar-refractivity contribution in [3.63, 3.8) is 0 Å². The fraction of sp³-hybridized carbons (Fsp3) is 0.250. The molecule has 2 rings (SSSR count). The third-order valence-corrected chi connectivity index (χ3v) is 5.91. The van der Waals surface area contributed by atoms with Crippen molar-refractivity contribution in [3.05, 3.63) is 63.6 Å². The molecule has 0 aliphatic heterocycles. The number of hydrogen-bond acceptors (Lipinski definition) is 2. The zero-order chi connectivity index (χ0) is 15.6. The minimum Gasteiger partial charge on any atom is -0.207 e. The predicted molar refractivity (Wildman–Crippen MR) is 88.8 cm³/mol. The van der Waals surface area contributed by atoms with Gasteiger partial charge in [-0.25, -0.2) is 13.1 Å². The molecule has 0 radical (unpaired) electrons. The Kier molecular flexibility index (Phi) is 4.86. The van der Waals surface area contributed by atoms with E-state index in [-0.39, 0.29) is 6.04 Å². The lowest BCUT2D eigenvalue weighted by atomic mass is 10.1. The average Bonchev–Trinajstić information content (AvgIpc) is 2.43. The molecule has 0 heterocycles. The molecule has 1 atom stereocenters. The van der Waals surface area contributed by atoms with Crippen LogP contribution in [0.4, 0.5) is 0 Å². The topological polar surface area (TPSA) is 46.2 Å². The van der Waals surface area contributed by atoms with E-state index in [0.717, 1.165) is 21.2 Å². The van der Waals surface area contributed by atoms with Crippen molar-refractivity contribution in [2.24, 2.45) is 0 Å². The highest BCUT2D eigenvalue weighted by atomic mass is 79.9. The second kappa shape index (κ2) is 6.30. The van der Waals surface area contributed by atoms with Gasteiger partial charge in [-0.3, -0.25) is 0 Å². The van der Waals surface area contributed by atoms with Crippen molar-refractivity contribution in [2.45, 2.75) is 31.7 Å². The van der Waals surface area contributed by atoms with Gasteiger partial charge in [-0.2, -0.15) is 0 Å². The predicted octanol–water partition coefficient (Wildman–Crippen LogP) is 4.11. The van der Waals surface area contributed by atoms with Gasteiger partial charge in [0.2, 0.25) is 10.0 Å². The van der Waals surface area contributed by atoms with E-state index >= 15 is 0 Å². The molecule has 0 saturated heterocycles. The van der Waals surface area contributed by atoms with Crippen LogP contribution in [-0.2, 0) is 10.0 Å². The molecule has 3 nitrogen and oxygen atoms in total. The molecule has 0 saturated carbocycles. The first-order valence-corrected chi connectivity index (χ1v) is 8.93. The van der Waals surface area contributed by atoms with Crippen molar-refractivity contribution in [1.29, 1.82) is 0 Å². The Morgan fingerprint density at radius 2 is 1.67 bits per heavy atom. The monoisotopic (exact) mass is 367 g/mol. The summed E-state index contributed by atoms with van der Waals surface area (Å²) in [5, 5.41) is 0. The molecule has 1 N–H and O–H groups in total. The van der Waals surface area contributed by atoms with Crippen molar-refractivity contribution < 1.29 is 8.42 Å². The van der Waals surface area contributed by atoms with Gasteiger partial charge in [-0.05, 0) is 43.5 Å². The van der Waals surface area contributed by atoms with Crippen LogP contribution in [0.15, 0.2) is 51.8 Å². The third kappa shape index (κ3) is 3.73. The fourth-order valence-electron chi connectivity index (χ4n) is 2.20. The lowest BCUT2D eigenvalue weighted by molar-refractivity contribution is 0.566. The Labute approximate surface area is 134 Å². The molecule has 2 aromatic rings. The highest BCUT2D eigenvalue weighted by molar-refractivity contribution is 9.10. The fourth-order valence-corrected chi connectivity index (χ4v) is 4.18. The summed E-state index contributed by atoms with van der Waals surface area (Å²) in [6, 6.07) is 12.8. The van der Waals surface area contributed by atoms with Gasteiger partial charge in [0.15, 0.2) is 0 Å². The SMILES string of the molecule is Cc1cc(C)c(S(=O)(=O)N[C@@H](C)c2ccccc2)cc1Br. The van der Waals surface area contributed by atoms with Crippen LogP contribution in [-0.4, -0.2) is 8.42 Å². The average molecular weight is 368 g/mol. The molecule has 0 spiro atoms. The van der Waals surface area contributed by atoms with Crippen LogP contribution in [0.1, 0.15) is 29.7 Å². The van der Waals surface area contributed by atoms with E-state index in [1.807, 2.05) is 50.2 Å². The summed E-state index contributed by atoms with van der Waals surface area (Å²) in [4.78, 5) is 0.308. The standard InChI is InChI=1S/C16H18BrNO2S/c1-11-9-12(2)16(10-15(11)17)21(19,20)18-13(3)14-7-5-4-6-8-14/h4-10,13,18H,1-3H3/t13-/m0/s1. The molecule has 0 aliphatic carbocycles. The normalized spacial score (nSPS) is 13.1. The number of benzene rings is 2. The van der Waals surface area contributed by atoms with Gasteiger partial charge in [0.1, 0.15) is 0 Å². The summed E-state index contributed by atoms with van der Waals surface area (Å²) in [5.74, 6) is 0. The molecule has 21 heavy (non-hydrogen) atoms. The molecule has 0 amide bonds. The molecule has 2 aromatic carbocycles. The maximum atomic E-state index is 12.6. The van der Waals surface area contributed by atoms with E-state index in [9.17, 15) is 8.42 Å². The van der Waals surface area contributed by atoms with Gasteiger partial charge in [0, 0.05) is 10.5 Å². The molecule has 5 heteroatoms. The van der Waals surface area contributed by atoms with Crippen LogP contribution >= 0.6 is 15.9 Å². The number of rotatable bonds is 4. The first-order chi connectivity index (χ1) is 9.81. The Morgan fingerprint density at radius 3 is 2.29 bits per heavy atom. The van der Waals surface area contributed by atoms with E-state index in [1.165, 1.54) is 0 Å². The van der Waals surface area contributed by atoms with Gasteiger partial charge in [0.05, 0.1) is 4.90 Å². The van der Waals surface area contributed by atoms with Crippen LogP contribution in [0, 0.1) is 13.8 Å². The maximum absolute atomic E-state index is 12.6. The lowest BCUT2D eigenvalue weighted by Gasteiger charge is -2.16. The molecule has 0 aromatic heterocycles. The lowest BCUT2D eigenvalue weighted by Crippen LogP contribution is -2.27. The molecule has 0 bridgehead atoms. The summed E-state index contributed by atoms with van der Waals surface area (Å²) in [7, 11) is -3.56. The number of nitrogens with one attached hydrogen (secondary N) is 1. The molecular weight excluding hydrogens is 350 g/mol. The van der Waals surface area contributed by atoms with Crippen molar-refractivity contribution in [3.8, 4) is 0 Å². The Balaban J connectivity index is 2.33.